The third-order valence-electron chi connectivity index (χ3n) is 5.36. The summed E-state index contributed by atoms with van der Waals surface area (Å²) in [5.74, 6) is 0.910. The Bertz CT molecular complexity index is 624. The molecule has 1 amide bonds. The van der Waals surface area contributed by atoms with Crippen molar-refractivity contribution in [3.63, 3.8) is 0 Å². The number of benzene rings is 1. The van der Waals surface area contributed by atoms with E-state index in [1.165, 1.54) is 0 Å². The van der Waals surface area contributed by atoms with Crippen LogP contribution in [-0.2, 0) is 9.53 Å². The van der Waals surface area contributed by atoms with Crippen LogP contribution in [0.3, 0.4) is 0 Å². The van der Waals surface area contributed by atoms with E-state index < -0.39 is 0 Å². The predicted molar refractivity (Wildman–Crippen MR) is 103 cm³/mol. The van der Waals surface area contributed by atoms with Gasteiger partial charge in [-0.1, -0.05) is 12.1 Å². The highest BCUT2D eigenvalue weighted by molar-refractivity contribution is 5.78. The number of carbonyl (C=O) groups is 1. The van der Waals surface area contributed by atoms with Gasteiger partial charge >= 0.3 is 0 Å². The first-order chi connectivity index (χ1) is 12.4. The minimum atomic E-state index is 0.0998. The lowest BCUT2D eigenvalue weighted by Gasteiger charge is -2.38. The molecule has 2 saturated heterocycles. The molecule has 3 unspecified atom stereocenters. The molecule has 144 valence electrons. The number of aryl methyl sites for hydroxylation is 2. The summed E-state index contributed by atoms with van der Waals surface area (Å²) < 4.78 is 11.7. The molecule has 3 rings (SSSR count). The number of hydrogen-bond donors (Lipinski definition) is 0. The van der Waals surface area contributed by atoms with Gasteiger partial charge in [0, 0.05) is 32.2 Å². The number of morpholine rings is 1. The van der Waals surface area contributed by atoms with Crippen molar-refractivity contribution in [1.82, 2.24) is 9.80 Å². The van der Waals surface area contributed by atoms with Gasteiger partial charge in [0.25, 0.3) is 5.91 Å². The van der Waals surface area contributed by atoms with Crippen LogP contribution in [0.25, 0.3) is 0 Å². The van der Waals surface area contributed by atoms with Crippen molar-refractivity contribution in [2.45, 2.75) is 58.8 Å². The molecule has 1 aromatic carbocycles. The minimum Gasteiger partial charge on any atom is -0.483 e. The van der Waals surface area contributed by atoms with Crippen LogP contribution in [0.5, 0.6) is 5.75 Å². The van der Waals surface area contributed by atoms with Gasteiger partial charge in [0.05, 0.1) is 12.2 Å². The van der Waals surface area contributed by atoms with Crippen LogP contribution in [0.15, 0.2) is 18.2 Å². The zero-order valence-electron chi connectivity index (χ0n) is 16.5. The number of ether oxygens (including phenoxy) is 2. The van der Waals surface area contributed by atoms with Gasteiger partial charge in [-0.25, -0.2) is 0 Å². The fourth-order valence-corrected chi connectivity index (χ4v) is 4.17. The fraction of sp³-hybridized carbons (Fsp3) is 0.667. The Morgan fingerprint density at radius 2 is 1.96 bits per heavy atom. The van der Waals surface area contributed by atoms with Gasteiger partial charge < -0.3 is 14.4 Å². The summed E-state index contributed by atoms with van der Waals surface area (Å²) in [5, 5.41) is 0. The Morgan fingerprint density at radius 1 is 1.23 bits per heavy atom. The van der Waals surface area contributed by atoms with E-state index in [9.17, 15) is 4.79 Å². The van der Waals surface area contributed by atoms with E-state index in [0.29, 0.717) is 6.04 Å². The summed E-state index contributed by atoms with van der Waals surface area (Å²) in [5.41, 5.74) is 2.21. The topological polar surface area (TPSA) is 42.0 Å². The molecule has 3 atom stereocenters. The maximum Gasteiger partial charge on any atom is 0.260 e. The van der Waals surface area contributed by atoms with E-state index in [2.05, 4.69) is 24.8 Å². The van der Waals surface area contributed by atoms with Gasteiger partial charge in [-0.15, -0.1) is 0 Å². The average Bonchev–Trinajstić information content (AvgIpc) is 3.02. The Hall–Kier alpha value is -1.59. The van der Waals surface area contributed by atoms with Crippen molar-refractivity contribution in [3.05, 3.63) is 29.3 Å². The minimum absolute atomic E-state index is 0.0998. The lowest BCUT2D eigenvalue weighted by molar-refractivity contribution is -0.135. The van der Waals surface area contributed by atoms with Crippen LogP contribution in [0.1, 0.15) is 37.8 Å². The molecule has 2 aliphatic heterocycles. The monoisotopic (exact) mass is 360 g/mol. The highest BCUT2D eigenvalue weighted by atomic mass is 16.5. The molecular formula is C21H32N2O3. The van der Waals surface area contributed by atoms with Crippen LogP contribution in [0.2, 0.25) is 0 Å². The maximum absolute atomic E-state index is 12.8. The van der Waals surface area contributed by atoms with E-state index in [1.807, 2.05) is 30.9 Å². The molecule has 0 saturated carbocycles. The van der Waals surface area contributed by atoms with Crippen molar-refractivity contribution in [1.29, 1.82) is 0 Å². The molecule has 0 spiro atoms. The summed E-state index contributed by atoms with van der Waals surface area (Å²) in [6.45, 7) is 12.1. The molecule has 0 aromatic heterocycles. The Kier molecular flexibility index (Phi) is 6.20. The van der Waals surface area contributed by atoms with Crippen LogP contribution >= 0.6 is 0 Å². The van der Waals surface area contributed by atoms with E-state index >= 15 is 0 Å². The smallest absolute Gasteiger partial charge is 0.260 e. The van der Waals surface area contributed by atoms with Gasteiger partial charge in [0.15, 0.2) is 6.61 Å². The number of carbonyl (C=O) groups excluding carboxylic acids is 1. The molecule has 2 heterocycles. The summed E-state index contributed by atoms with van der Waals surface area (Å²) in [6.07, 6.45) is 2.68. The summed E-state index contributed by atoms with van der Waals surface area (Å²) in [7, 11) is 0. The highest BCUT2D eigenvalue weighted by Gasteiger charge is 2.32. The van der Waals surface area contributed by atoms with Crippen molar-refractivity contribution in [3.8, 4) is 5.75 Å². The number of likely N-dealkylation sites (tertiary alicyclic amines) is 1. The third kappa shape index (κ3) is 4.77. The van der Waals surface area contributed by atoms with Crippen LogP contribution in [0, 0.1) is 13.8 Å². The molecule has 2 fully saturated rings. The van der Waals surface area contributed by atoms with E-state index in [-0.39, 0.29) is 24.7 Å². The highest BCUT2D eigenvalue weighted by Crippen LogP contribution is 2.22. The van der Waals surface area contributed by atoms with Crippen molar-refractivity contribution in [2.75, 3.05) is 32.8 Å². The quantitative estimate of drug-likeness (QED) is 0.810. The Morgan fingerprint density at radius 3 is 2.69 bits per heavy atom. The SMILES string of the molecule is Cc1ccc(C)c(OCC(=O)N2CCCC2CN2CC(C)OC(C)C2)c1. The van der Waals surface area contributed by atoms with Gasteiger partial charge in [-0.2, -0.15) is 0 Å². The molecular weight excluding hydrogens is 328 g/mol. The Labute approximate surface area is 157 Å². The summed E-state index contributed by atoms with van der Waals surface area (Å²) in [6, 6.07) is 6.39. The van der Waals surface area contributed by atoms with Crippen LogP contribution in [-0.4, -0.2) is 66.7 Å². The first kappa shape index (κ1) is 19.2. The van der Waals surface area contributed by atoms with Gasteiger partial charge in [0.1, 0.15) is 5.75 Å². The molecule has 26 heavy (non-hydrogen) atoms. The number of amides is 1. The van der Waals surface area contributed by atoms with E-state index in [0.717, 1.165) is 55.9 Å². The first-order valence-corrected chi connectivity index (χ1v) is 9.79. The van der Waals surface area contributed by atoms with Gasteiger partial charge in [0.2, 0.25) is 0 Å². The standard InChI is InChI=1S/C21H32N2O3/c1-15-7-8-16(2)20(10-15)25-14-21(24)23-9-5-6-19(23)13-22-11-17(3)26-18(4)12-22/h7-8,10,17-19H,5-6,9,11-14H2,1-4H3. The van der Waals surface area contributed by atoms with E-state index in [4.69, 9.17) is 9.47 Å². The molecule has 0 radical (unpaired) electrons. The van der Waals surface area contributed by atoms with E-state index in [1.54, 1.807) is 0 Å². The Balaban J connectivity index is 1.55. The van der Waals surface area contributed by atoms with Gasteiger partial charge in [-0.05, 0) is 57.7 Å². The van der Waals surface area contributed by atoms with Crippen molar-refractivity contribution < 1.29 is 14.3 Å². The predicted octanol–water partition coefficient (Wildman–Crippen LogP) is 2.78. The normalized spacial score (nSPS) is 26.9. The molecule has 0 aliphatic carbocycles. The zero-order chi connectivity index (χ0) is 18.7. The molecule has 1 aromatic rings. The second kappa shape index (κ2) is 8.40. The zero-order valence-corrected chi connectivity index (χ0v) is 16.5. The number of rotatable bonds is 5. The van der Waals surface area contributed by atoms with Crippen molar-refractivity contribution in [2.24, 2.45) is 0 Å². The van der Waals surface area contributed by atoms with Crippen LogP contribution in [0.4, 0.5) is 0 Å². The summed E-state index contributed by atoms with van der Waals surface area (Å²) >= 11 is 0. The van der Waals surface area contributed by atoms with Gasteiger partial charge in [-0.3, -0.25) is 9.69 Å². The lowest BCUT2D eigenvalue weighted by Crippen LogP contribution is -2.51. The molecule has 0 bridgehead atoms. The third-order valence-corrected chi connectivity index (χ3v) is 5.36. The average molecular weight is 360 g/mol. The lowest BCUT2D eigenvalue weighted by atomic mass is 10.1. The second-order valence-electron chi connectivity index (χ2n) is 7.92. The molecule has 2 aliphatic rings. The molecule has 5 heteroatoms. The molecule has 5 nitrogen and oxygen atoms in total. The van der Waals surface area contributed by atoms with Crippen molar-refractivity contribution >= 4 is 5.91 Å². The molecule has 0 N–H and O–H groups in total. The summed E-state index contributed by atoms with van der Waals surface area (Å²) in [4.78, 5) is 17.2. The first-order valence-electron chi connectivity index (χ1n) is 9.79. The maximum atomic E-state index is 12.8. The number of hydrogen-bond acceptors (Lipinski definition) is 4. The fourth-order valence-electron chi connectivity index (χ4n) is 4.17. The largest absolute Gasteiger partial charge is 0.483 e. The van der Waals surface area contributed by atoms with Crippen LogP contribution < -0.4 is 4.74 Å². The number of nitrogens with zero attached hydrogens (tertiary/aromatic N) is 2. The second-order valence-corrected chi connectivity index (χ2v) is 7.92.